The summed E-state index contributed by atoms with van der Waals surface area (Å²) in [4.78, 5) is 4.33. The van der Waals surface area contributed by atoms with Crippen molar-refractivity contribution in [2.45, 2.75) is 38.0 Å². The van der Waals surface area contributed by atoms with Gasteiger partial charge in [0, 0.05) is 23.2 Å². The molecule has 0 bridgehead atoms. The summed E-state index contributed by atoms with van der Waals surface area (Å²) in [5.41, 5.74) is 2.54. The Morgan fingerprint density at radius 2 is 2.04 bits per heavy atom. The van der Waals surface area contributed by atoms with E-state index in [9.17, 15) is 0 Å². The topological polar surface area (TPSA) is 37.0 Å². The first-order valence-electron chi connectivity index (χ1n) is 8.31. The molecule has 1 saturated carbocycles. The highest BCUT2D eigenvalue weighted by Crippen LogP contribution is 2.41. The van der Waals surface area contributed by atoms with Crippen molar-refractivity contribution in [2.24, 2.45) is 0 Å². The fraction of sp³-hybridized carbons (Fsp3) is 0.368. The Morgan fingerprint density at radius 1 is 1.25 bits per heavy atom. The van der Waals surface area contributed by atoms with Crippen LogP contribution in [-0.2, 0) is 5.41 Å². The summed E-state index contributed by atoms with van der Waals surface area (Å²) in [6.07, 6.45) is 6.63. The monoisotopic (exact) mass is 359 g/mol. The van der Waals surface area contributed by atoms with E-state index in [4.69, 9.17) is 23.8 Å². The summed E-state index contributed by atoms with van der Waals surface area (Å²) in [5, 5.41) is 7.95. The van der Waals surface area contributed by atoms with Crippen molar-refractivity contribution in [2.75, 3.05) is 11.9 Å². The van der Waals surface area contributed by atoms with Gasteiger partial charge in [-0.1, -0.05) is 42.6 Å². The van der Waals surface area contributed by atoms with E-state index in [0.717, 1.165) is 35.8 Å². The normalized spacial score (nSPS) is 15.9. The molecule has 1 fully saturated rings. The third kappa shape index (κ3) is 4.05. The van der Waals surface area contributed by atoms with Crippen LogP contribution in [0.4, 0.5) is 5.82 Å². The van der Waals surface area contributed by atoms with Gasteiger partial charge in [-0.3, -0.25) is 0 Å². The first-order valence-corrected chi connectivity index (χ1v) is 9.10. The average molecular weight is 360 g/mol. The maximum atomic E-state index is 6.20. The van der Waals surface area contributed by atoms with E-state index in [-0.39, 0.29) is 5.41 Å². The molecule has 3 nitrogen and oxygen atoms in total. The predicted molar refractivity (Wildman–Crippen MR) is 105 cm³/mol. The Kier molecular flexibility index (Phi) is 5.36. The molecule has 2 aromatic rings. The Morgan fingerprint density at radius 3 is 2.71 bits per heavy atom. The molecule has 0 aliphatic heterocycles. The van der Waals surface area contributed by atoms with Crippen molar-refractivity contribution in [3.63, 3.8) is 0 Å². The van der Waals surface area contributed by atoms with Gasteiger partial charge in [0.25, 0.3) is 0 Å². The van der Waals surface area contributed by atoms with Gasteiger partial charge in [-0.2, -0.15) is 0 Å². The molecule has 0 spiro atoms. The average Bonchev–Trinajstić information content (AvgIpc) is 3.05. The lowest BCUT2D eigenvalue weighted by Crippen LogP contribution is -2.40. The van der Waals surface area contributed by atoms with Crippen molar-refractivity contribution in [3.8, 4) is 0 Å². The van der Waals surface area contributed by atoms with E-state index in [0.29, 0.717) is 5.11 Å². The number of anilines is 1. The van der Waals surface area contributed by atoms with Crippen molar-refractivity contribution < 1.29 is 0 Å². The van der Waals surface area contributed by atoms with E-state index in [1.807, 2.05) is 37.4 Å². The van der Waals surface area contributed by atoms with Gasteiger partial charge >= 0.3 is 0 Å². The van der Waals surface area contributed by atoms with Gasteiger partial charge in [-0.05, 0) is 61.3 Å². The minimum absolute atomic E-state index is 0.108. The lowest BCUT2D eigenvalue weighted by Gasteiger charge is -2.30. The molecule has 0 radical (unpaired) electrons. The van der Waals surface area contributed by atoms with Crippen LogP contribution in [0.25, 0.3) is 0 Å². The smallest absolute Gasteiger partial charge is 0.171 e. The Bertz CT molecular complexity index is 709. The van der Waals surface area contributed by atoms with Crippen LogP contribution in [0.1, 0.15) is 36.8 Å². The number of aromatic nitrogens is 1. The number of hydrogen-bond donors (Lipinski definition) is 2. The van der Waals surface area contributed by atoms with Crippen LogP contribution >= 0.6 is 23.8 Å². The second-order valence-electron chi connectivity index (χ2n) is 6.53. The third-order valence-electron chi connectivity index (χ3n) is 4.74. The number of nitrogens with zero attached hydrogens (tertiary/aromatic N) is 1. The zero-order valence-electron chi connectivity index (χ0n) is 13.8. The standard InChI is InChI=1S/C19H22ClN3S/c1-14-7-8-17(21-12-14)23-18(24)22-13-19(9-2-3-10-19)15-5-4-6-16(20)11-15/h4-8,11-12H,2-3,9-10,13H2,1H3,(H2,21,22,23,24). The van der Waals surface area contributed by atoms with Crippen LogP contribution in [0.2, 0.25) is 5.02 Å². The van der Waals surface area contributed by atoms with Crippen molar-refractivity contribution in [3.05, 3.63) is 58.7 Å². The third-order valence-corrected chi connectivity index (χ3v) is 5.22. The van der Waals surface area contributed by atoms with E-state index < -0.39 is 0 Å². The van der Waals surface area contributed by atoms with E-state index in [1.165, 1.54) is 18.4 Å². The Labute approximate surface area is 153 Å². The molecule has 1 aliphatic rings. The summed E-state index contributed by atoms with van der Waals surface area (Å²) < 4.78 is 0. The van der Waals surface area contributed by atoms with Gasteiger partial charge in [0.15, 0.2) is 5.11 Å². The molecule has 0 atom stereocenters. The van der Waals surface area contributed by atoms with Gasteiger partial charge in [0.2, 0.25) is 0 Å². The highest BCUT2D eigenvalue weighted by Gasteiger charge is 2.35. The molecule has 24 heavy (non-hydrogen) atoms. The number of halogens is 1. The molecule has 0 amide bonds. The molecular weight excluding hydrogens is 338 g/mol. The van der Waals surface area contributed by atoms with E-state index in [1.54, 1.807) is 0 Å². The van der Waals surface area contributed by atoms with Gasteiger partial charge in [-0.15, -0.1) is 0 Å². The van der Waals surface area contributed by atoms with Crippen molar-refractivity contribution >= 4 is 34.7 Å². The van der Waals surface area contributed by atoms with E-state index >= 15 is 0 Å². The molecule has 5 heteroatoms. The molecule has 2 N–H and O–H groups in total. The summed E-state index contributed by atoms with van der Waals surface area (Å²) in [6, 6.07) is 12.2. The van der Waals surface area contributed by atoms with Crippen molar-refractivity contribution in [1.29, 1.82) is 0 Å². The Hall–Kier alpha value is -1.65. The van der Waals surface area contributed by atoms with Gasteiger partial charge in [0.1, 0.15) is 5.82 Å². The highest BCUT2D eigenvalue weighted by molar-refractivity contribution is 7.80. The summed E-state index contributed by atoms with van der Waals surface area (Å²) in [5.74, 6) is 0.765. The second-order valence-corrected chi connectivity index (χ2v) is 7.37. The maximum absolute atomic E-state index is 6.20. The first-order chi connectivity index (χ1) is 11.6. The minimum atomic E-state index is 0.108. The summed E-state index contributed by atoms with van der Waals surface area (Å²) >= 11 is 11.6. The van der Waals surface area contributed by atoms with Crippen LogP contribution in [0.15, 0.2) is 42.6 Å². The molecule has 3 rings (SSSR count). The zero-order valence-corrected chi connectivity index (χ0v) is 15.4. The van der Waals surface area contributed by atoms with Gasteiger partial charge in [-0.25, -0.2) is 4.98 Å². The SMILES string of the molecule is Cc1ccc(NC(=S)NCC2(c3cccc(Cl)c3)CCCC2)nc1. The van der Waals surface area contributed by atoms with Crippen LogP contribution in [0.3, 0.4) is 0 Å². The fourth-order valence-electron chi connectivity index (χ4n) is 3.39. The molecule has 1 aromatic carbocycles. The van der Waals surface area contributed by atoms with Gasteiger partial charge in [0.05, 0.1) is 0 Å². The number of benzene rings is 1. The first kappa shape index (κ1) is 17.2. The molecular formula is C19H22ClN3S. The largest absolute Gasteiger partial charge is 0.362 e. The number of pyridine rings is 1. The lowest BCUT2D eigenvalue weighted by atomic mass is 9.79. The number of aryl methyl sites for hydroxylation is 1. The summed E-state index contributed by atoms with van der Waals surface area (Å²) in [7, 11) is 0. The van der Waals surface area contributed by atoms with Crippen molar-refractivity contribution in [1.82, 2.24) is 10.3 Å². The van der Waals surface area contributed by atoms with Crippen LogP contribution in [0, 0.1) is 6.92 Å². The highest BCUT2D eigenvalue weighted by atomic mass is 35.5. The van der Waals surface area contributed by atoms with Crippen LogP contribution in [0.5, 0.6) is 0 Å². The second kappa shape index (κ2) is 7.49. The Balaban J connectivity index is 1.66. The molecule has 126 valence electrons. The molecule has 1 aromatic heterocycles. The maximum Gasteiger partial charge on any atom is 0.171 e. The van der Waals surface area contributed by atoms with E-state index in [2.05, 4.69) is 27.8 Å². The molecule has 1 aliphatic carbocycles. The lowest BCUT2D eigenvalue weighted by molar-refractivity contribution is 0.435. The predicted octanol–water partition coefficient (Wildman–Crippen LogP) is 4.84. The molecule has 0 saturated heterocycles. The van der Waals surface area contributed by atoms with Crippen LogP contribution in [-0.4, -0.2) is 16.6 Å². The van der Waals surface area contributed by atoms with Gasteiger partial charge < -0.3 is 10.6 Å². The van der Waals surface area contributed by atoms with Crippen LogP contribution < -0.4 is 10.6 Å². The zero-order chi connectivity index (χ0) is 17.0. The fourth-order valence-corrected chi connectivity index (χ4v) is 3.76. The molecule has 1 heterocycles. The summed E-state index contributed by atoms with van der Waals surface area (Å²) in [6.45, 7) is 2.83. The number of thiocarbonyl (C=S) groups is 1. The quantitative estimate of drug-likeness (QED) is 0.766. The number of hydrogen-bond acceptors (Lipinski definition) is 2. The minimum Gasteiger partial charge on any atom is -0.362 e. The number of rotatable bonds is 4. The number of nitrogens with one attached hydrogen (secondary N) is 2. The molecule has 0 unspecified atom stereocenters.